The summed E-state index contributed by atoms with van der Waals surface area (Å²) in [6.07, 6.45) is 10.4. The van der Waals surface area contributed by atoms with Crippen molar-refractivity contribution in [1.82, 2.24) is 14.4 Å². The molecule has 2 aliphatic rings. The van der Waals surface area contributed by atoms with Crippen LogP contribution in [0.15, 0.2) is 18.3 Å². The van der Waals surface area contributed by atoms with Crippen LogP contribution < -0.4 is 0 Å². The summed E-state index contributed by atoms with van der Waals surface area (Å²) in [5.74, 6) is 0.586. The number of aromatic nitrogens is 1. The first-order valence-electron chi connectivity index (χ1n) is 10.6. The maximum Gasteiger partial charge on any atom is 0.242 e. The van der Waals surface area contributed by atoms with E-state index >= 15 is 0 Å². The van der Waals surface area contributed by atoms with Crippen LogP contribution in [0.4, 0.5) is 0 Å². The third kappa shape index (κ3) is 5.36. The van der Waals surface area contributed by atoms with Crippen LogP contribution in [0.3, 0.4) is 0 Å². The first kappa shape index (κ1) is 20.0. The van der Waals surface area contributed by atoms with Crippen LogP contribution >= 0.6 is 0 Å². The van der Waals surface area contributed by atoms with Crippen molar-refractivity contribution in [2.45, 2.75) is 83.8 Å². The van der Waals surface area contributed by atoms with E-state index in [9.17, 15) is 9.59 Å². The molecule has 0 aromatic carbocycles. The number of nitrogens with zero attached hydrogens (tertiary/aromatic N) is 3. The van der Waals surface area contributed by atoms with E-state index in [0.717, 1.165) is 31.4 Å². The Morgan fingerprint density at radius 3 is 2.26 bits per heavy atom. The highest BCUT2D eigenvalue weighted by atomic mass is 16.2. The SMILES string of the molecule is CC(C)CC(=O)N(CC(=O)N(Cc1cccn1C)C1CC1)C1CCCCC1. The summed E-state index contributed by atoms with van der Waals surface area (Å²) in [6.45, 7) is 5.04. The van der Waals surface area contributed by atoms with Gasteiger partial charge in [-0.15, -0.1) is 0 Å². The molecule has 0 bridgehead atoms. The lowest BCUT2D eigenvalue weighted by Gasteiger charge is -2.36. The van der Waals surface area contributed by atoms with Crippen molar-refractivity contribution in [3.63, 3.8) is 0 Å². The predicted octanol–water partition coefficient (Wildman–Crippen LogP) is 3.72. The van der Waals surface area contributed by atoms with E-state index < -0.39 is 0 Å². The van der Waals surface area contributed by atoms with Crippen LogP contribution in [0, 0.1) is 5.92 Å². The minimum absolute atomic E-state index is 0.112. The lowest BCUT2D eigenvalue weighted by Crippen LogP contribution is -2.48. The average molecular weight is 374 g/mol. The van der Waals surface area contributed by atoms with Gasteiger partial charge >= 0.3 is 0 Å². The van der Waals surface area contributed by atoms with Gasteiger partial charge in [0.25, 0.3) is 0 Å². The minimum atomic E-state index is 0.112. The molecule has 0 radical (unpaired) electrons. The molecule has 5 heteroatoms. The van der Waals surface area contributed by atoms with Crippen molar-refractivity contribution in [3.8, 4) is 0 Å². The molecular weight excluding hydrogens is 338 g/mol. The van der Waals surface area contributed by atoms with Crippen LogP contribution in [-0.2, 0) is 23.2 Å². The Labute approximate surface area is 163 Å². The van der Waals surface area contributed by atoms with Crippen molar-refractivity contribution < 1.29 is 9.59 Å². The summed E-state index contributed by atoms with van der Waals surface area (Å²) in [5.41, 5.74) is 1.15. The van der Waals surface area contributed by atoms with Gasteiger partial charge in [0.2, 0.25) is 11.8 Å². The third-order valence-electron chi connectivity index (χ3n) is 5.92. The second-order valence-electron chi connectivity index (χ2n) is 8.77. The van der Waals surface area contributed by atoms with Gasteiger partial charge in [-0.3, -0.25) is 9.59 Å². The Bertz CT molecular complexity index is 642. The van der Waals surface area contributed by atoms with Gasteiger partial charge < -0.3 is 14.4 Å². The van der Waals surface area contributed by atoms with Gasteiger partial charge in [-0.2, -0.15) is 0 Å². The Kier molecular flexibility index (Phi) is 6.61. The molecule has 0 atom stereocenters. The Morgan fingerprint density at radius 2 is 1.70 bits per heavy atom. The summed E-state index contributed by atoms with van der Waals surface area (Å²) in [4.78, 5) is 30.1. The van der Waals surface area contributed by atoms with Gasteiger partial charge in [0.1, 0.15) is 6.54 Å². The van der Waals surface area contributed by atoms with Gasteiger partial charge in [-0.25, -0.2) is 0 Å². The molecule has 2 aliphatic carbocycles. The number of carbonyl (C=O) groups is 2. The van der Waals surface area contributed by atoms with E-state index in [2.05, 4.69) is 24.5 Å². The molecule has 0 N–H and O–H groups in total. The Balaban J connectivity index is 1.70. The van der Waals surface area contributed by atoms with E-state index in [4.69, 9.17) is 0 Å². The standard InChI is InChI=1S/C22H35N3O2/c1-17(2)14-21(26)25(18-8-5-4-6-9-18)16-22(27)24(19-11-12-19)15-20-10-7-13-23(20)3/h7,10,13,17-19H,4-6,8-9,11-12,14-16H2,1-3H3. The molecule has 2 saturated carbocycles. The second kappa shape index (κ2) is 8.94. The molecule has 2 amide bonds. The van der Waals surface area contributed by atoms with Crippen molar-refractivity contribution in [2.75, 3.05) is 6.54 Å². The molecule has 150 valence electrons. The first-order chi connectivity index (χ1) is 13.0. The Hall–Kier alpha value is -1.78. The number of hydrogen-bond acceptors (Lipinski definition) is 2. The molecule has 1 aromatic heterocycles. The van der Waals surface area contributed by atoms with Crippen LogP contribution in [0.5, 0.6) is 0 Å². The number of amides is 2. The third-order valence-corrected chi connectivity index (χ3v) is 5.92. The lowest BCUT2D eigenvalue weighted by molar-refractivity contribution is -0.144. The van der Waals surface area contributed by atoms with E-state index in [1.807, 2.05) is 29.1 Å². The Morgan fingerprint density at radius 1 is 1.04 bits per heavy atom. The fourth-order valence-electron chi connectivity index (χ4n) is 4.16. The summed E-state index contributed by atoms with van der Waals surface area (Å²) in [5, 5.41) is 0. The van der Waals surface area contributed by atoms with Crippen LogP contribution in [-0.4, -0.2) is 44.8 Å². The largest absolute Gasteiger partial charge is 0.353 e. The highest BCUT2D eigenvalue weighted by Gasteiger charge is 2.35. The quantitative estimate of drug-likeness (QED) is 0.697. The van der Waals surface area contributed by atoms with Gasteiger partial charge in [0, 0.05) is 37.4 Å². The molecule has 0 saturated heterocycles. The topological polar surface area (TPSA) is 45.6 Å². The smallest absolute Gasteiger partial charge is 0.242 e. The molecule has 1 heterocycles. The lowest BCUT2D eigenvalue weighted by atomic mass is 9.93. The van der Waals surface area contributed by atoms with Gasteiger partial charge in [0.15, 0.2) is 0 Å². The monoisotopic (exact) mass is 373 g/mol. The first-order valence-corrected chi connectivity index (χ1v) is 10.6. The van der Waals surface area contributed by atoms with Gasteiger partial charge in [0.05, 0.1) is 6.54 Å². The van der Waals surface area contributed by atoms with Crippen molar-refractivity contribution in [1.29, 1.82) is 0 Å². The van der Waals surface area contributed by atoms with Crippen molar-refractivity contribution in [3.05, 3.63) is 24.0 Å². The maximum absolute atomic E-state index is 13.2. The molecule has 0 spiro atoms. The summed E-state index contributed by atoms with van der Waals surface area (Å²) in [6, 6.07) is 4.68. The molecular formula is C22H35N3O2. The number of carbonyl (C=O) groups excluding carboxylic acids is 2. The molecule has 27 heavy (non-hydrogen) atoms. The van der Waals surface area contributed by atoms with Gasteiger partial charge in [-0.05, 0) is 43.7 Å². The van der Waals surface area contributed by atoms with E-state index in [0.29, 0.717) is 24.9 Å². The van der Waals surface area contributed by atoms with Crippen LogP contribution in [0.2, 0.25) is 0 Å². The van der Waals surface area contributed by atoms with E-state index in [1.54, 1.807) is 0 Å². The number of aryl methyl sites for hydroxylation is 1. The highest BCUT2D eigenvalue weighted by Crippen LogP contribution is 2.30. The fourth-order valence-corrected chi connectivity index (χ4v) is 4.16. The molecule has 0 unspecified atom stereocenters. The minimum Gasteiger partial charge on any atom is -0.353 e. The predicted molar refractivity (Wildman–Crippen MR) is 107 cm³/mol. The molecule has 5 nitrogen and oxygen atoms in total. The fraction of sp³-hybridized carbons (Fsp3) is 0.727. The second-order valence-corrected chi connectivity index (χ2v) is 8.77. The zero-order valence-corrected chi connectivity index (χ0v) is 17.2. The average Bonchev–Trinajstić information content (AvgIpc) is 3.40. The zero-order valence-electron chi connectivity index (χ0n) is 17.2. The summed E-state index contributed by atoms with van der Waals surface area (Å²) in [7, 11) is 2.02. The van der Waals surface area contributed by atoms with Crippen LogP contribution in [0.25, 0.3) is 0 Å². The maximum atomic E-state index is 13.2. The molecule has 2 fully saturated rings. The number of hydrogen-bond donors (Lipinski definition) is 0. The van der Waals surface area contributed by atoms with Crippen LogP contribution in [0.1, 0.15) is 70.9 Å². The van der Waals surface area contributed by atoms with Crippen molar-refractivity contribution in [2.24, 2.45) is 13.0 Å². The van der Waals surface area contributed by atoms with E-state index in [1.165, 1.54) is 19.3 Å². The van der Waals surface area contributed by atoms with Crippen molar-refractivity contribution >= 4 is 11.8 Å². The molecule has 3 rings (SSSR count). The zero-order chi connectivity index (χ0) is 19.4. The summed E-state index contributed by atoms with van der Waals surface area (Å²) < 4.78 is 2.07. The molecule has 0 aliphatic heterocycles. The molecule has 1 aromatic rings. The normalized spacial score (nSPS) is 17.9. The van der Waals surface area contributed by atoms with E-state index in [-0.39, 0.29) is 24.4 Å². The number of rotatable bonds is 8. The van der Waals surface area contributed by atoms with Gasteiger partial charge in [-0.1, -0.05) is 33.1 Å². The highest BCUT2D eigenvalue weighted by molar-refractivity contribution is 5.85. The summed E-state index contributed by atoms with van der Waals surface area (Å²) >= 11 is 0.